The fourth-order valence-electron chi connectivity index (χ4n) is 2.80. The lowest BCUT2D eigenvalue weighted by molar-refractivity contribution is -0.122. The van der Waals surface area contributed by atoms with E-state index in [1.54, 1.807) is 18.5 Å². The van der Waals surface area contributed by atoms with E-state index < -0.39 is 5.97 Å². The van der Waals surface area contributed by atoms with Gasteiger partial charge in [-0.05, 0) is 39.8 Å². The molecule has 2 aromatic rings. The van der Waals surface area contributed by atoms with Gasteiger partial charge in [0.1, 0.15) is 5.76 Å². The lowest BCUT2D eigenvalue weighted by atomic mass is 10.1. The summed E-state index contributed by atoms with van der Waals surface area (Å²) < 4.78 is 6.76. The number of hydrogen-bond donors (Lipinski definition) is 2. The van der Waals surface area contributed by atoms with Gasteiger partial charge in [0.15, 0.2) is 5.78 Å². The average Bonchev–Trinajstić information content (AvgIpc) is 3.09. The number of hydrogen-bond acceptors (Lipinski definition) is 5. The van der Waals surface area contributed by atoms with Gasteiger partial charge in [-0.2, -0.15) is 5.10 Å². The molecule has 2 rings (SSSR count). The van der Waals surface area contributed by atoms with Crippen LogP contribution in [0.25, 0.3) is 0 Å². The fraction of sp³-hybridized carbons (Fsp3) is 0.412. The third-order valence-electron chi connectivity index (χ3n) is 3.91. The molecular weight excluding hydrogens is 326 g/mol. The van der Waals surface area contributed by atoms with E-state index >= 15 is 0 Å². The number of carbonyl (C=O) groups excluding carboxylic acids is 2. The van der Waals surface area contributed by atoms with Gasteiger partial charge in [-0.15, -0.1) is 0 Å². The van der Waals surface area contributed by atoms with E-state index in [0.717, 1.165) is 5.69 Å². The maximum absolute atomic E-state index is 12.1. The molecule has 0 spiro atoms. The second-order valence-corrected chi connectivity index (χ2v) is 5.95. The van der Waals surface area contributed by atoms with E-state index in [1.165, 1.54) is 19.1 Å². The summed E-state index contributed by atoms with van der Waals surface area (Å²) in [7, 11) is 0. The molecule has 0 aliphatic carbocycles. The number of rotatable bonds is 7. The van der Waals surface area contributed by atoms with Gasteiger partial charge >= 0.3 is 5.97 Å². The molecular formula is C17H21N3O5. The molecule has 134 valence electrons. The SMILES string of the molecule is CC(=O)c1c(C)nn(C(C)CC(=O)NCc2ccc(C(=O)O)o2)c1C. The molecule has 1 unspecified atom stereocenters. The largest absolute Gasteiger partial charge is 0.475 e. The van der Waals surface area contributed by atoms with Crippen molar-refractivity contribution in [2.24, 2.45) is 0 Å². The van der Waals surface area contributed by atoms with Gasteiger partial charge in [-0.1, -0.05) is 0 Å². The Balaban J connectivity index is 1.97. The van der Waals surface area contributed by atoms with Crippen molar-refractivity contribution in [3.05, 3.63) is 40.6 Å². The number of nitrogens with one attached hydrogen (secondary N) is 1. The monoisotopic (exact) mass is 347 g/mol. The van der Waals surface area contributed by atoms with Crippen LogP contribution in [0.1, 0.15) is 64.4 Å². The molecule has 0 aliphatic rings. The van der Waals surface area contributed by atoms with Crippen LogP contribution in [0.4, 0.5) is 0 Å². The molecule has 0 saturated heterocycles. The summed E-state index contributed by atoms with van der Waals surface area (Å²) in [4.78, 5) is 34.5. The average molecular weight is 347 g/mol. The van der Waals surface area contributed by atoms with Crippen molar-refractivity contribution >= 4 is 17.7 Å². The van der Waals surface area contributed by atoms with Crippen LogP contribution in [0, 0.1) is 13.8 Å². The summed E-state index contributed by atoms with van der Waals surface area (Å²) in [5.41, 5.74) is 1.97. The predicted octanol–water partition coefficient (Wildman–Crippen LogP) is 2.26. The molecule has 0 saturated carbocycles. The van der Waals surface area contributed by atoms with E-state index in [9.17, 15) is 14.4 Å². The highest BCUT2D eigenvalue weighted by Gasteiger charge is 2.20. The smallest absolute Gasteiger partial charge is 0.371 e. The van der Waals surface area contributed by atoms with E-state index in [0.29, 0.717) is 17.0 Å². The lowest BCUT2D eigenvalue weighted by Crippen LogP contribution is -2.26. The van der Waals surface area contributed by atoms with Gasteiger partial charge in [0.25, 0.3) is 0 Å². The quantitative estimate of drug-likeness (QED) is 0.743. The summed E-state index contributed by atoms with van der Waals surface area (Å²) in [5, 5.41) is 15.8. The molecule has 0 aliphatic heterocycles. The number of aromatic nitrogens is 2. The molecule has 0 aromatic carbocycles. The minimum absolute atomic E-state index is 0.0510. The van der Waals surface area contributed by atoms with E-state index in [2.05, 4.69) is 10.4 Å². The van der Waals surface area contributed by atoms with E-state index in [4.69, 9.17) is 9.52 Å². The highest BCUT2D eigenvalue weighted by Crippen LogP contribution is 2.20. The number of carboxylic acids is 1. The number of nitrogens with zero attached hydrogens (tertiary/aromatic N) is 2. The van der Waals surface area contributed by atoms with Crippen LogP contribution >= 0.6 is 0 Å². The van der Waals surface area contributed by atoms with Gasteiger partial charge in [0.2, 0.25) is 11.7 Å². The zero-order chi connectivity index (χ0) is 18.7. The maximum atomic E-state index is 12.1. The third kappa shape index (κ3) is 4.14. The maximum Gasteiger partial charge on any atom is 0.371 e. The Kier molecular flexibility index (Phi) is 5.41. The minimum atomic E-state index is -1.16. The van der Waals surface area contributed by atoms with E-state index in [1.807, 2.05) is 6.92 Å². The van der Waals surface area contributed by atoms with Gasteiger partial charge in [0, 0.05) is 12.1 Å². The van der Waals surface area contributed by atoms with Crippen LogP contribution in [-0.4, -0.2) is 32.5 Å². The van der Waals surface area contributed by atoms with Gasteiger partial charge < -0.3 is 14.8 Å². The summed E-state index contributed by atoms with van der Waals surface area (Å²) in [5.74, 6) is -1.24. The van der Waals surface area contributed by atoms with Crippen molar-refractivity contribution in [1.82, 2.24) is 15.1 Å². The Labute approximate surface area is 144 Å². The summed E-state index contributed by atoms with van der Waals surface area (Å²) >= 11 is 0. The molecule has 8 heteroatoms. The van der Waals surface area contributed by atoms with Crippen LogP contribution in [0.2, 0.25) is 0 Å². The minimum Gasteiger partial charge on any atom is -0.475 e. The Hall–Kier alpha value is -2.90. The second kappa shape index (κ2) is 7.33. The molecule has 2 N–H and O–H groups in total. The first-order valence-corrected chi connectivity index (χ1v) is 7.86. The highest BCUT2D eigenvalue weighted by molar-refractivity contribution is 5.96. The van der Waals surface area contributed by atoms with Crippen LogP contribution in [0.15, 0.2) is 16.5 Å². The van der Waals surface area contributed by atoms with Crippen LogP contribution in [-0.2, 0) is 11.3 Å². The first-order chi connectivity index (χ1) is 11.7. The summed E-state index contributed by atoms with van der Waals surface area (Å²) in [6.07, 6.45) is 0.172. The number of aryl methyl sites for hydroxylation is 1. The molecule has 25 heavy (non-hydrogen) atoms. The first kappa shape index (κ1) is 18.4. The first-order valence-electron chi connectivity index (χ1n) is 7.86. The topological polar surface area (TPSA) is 114 Å². The molecule has 0 fully saturated rings. The standard InChI is InChI=1S/C17H21N3O5/c1-9(20-11(3)16(12(4)21)10(2)19-20)7-15(22)18-8-13-5-6-14(25-13)17(23)24/h5-6,9H,7-8H2,1-4H3,(H,18,22)(H,23,24). The fourth-order valence-corrected chi connectivity index (χ4v) is 2.80. The molecule has 1 atom stereocenters. The zero-order valence-corrected chi connectivity index (χ0v) is 14.6. The van der Waals surface area contributed by atoms with Gasteiger partial charge in [-0.3, -0.25) is 14.3 Å². The van der Waals surface area contributed by atoms with Crippen molar-refractivity contribution in [1.29, 1.82) is 0 Å². The third-order valence-corrected chi connectivity index (χ3v) is 3.91. The summed E-state index contributed by atoms with van der Waals surface area (Å²) in [6, 6.07) is 2.62. The number of Topliss-reactive ketones (excluding diaryl/α,β-unsaturated/α-hetero) is 1. The van der Waals surface area contributed by atoms with Crippen molar-refractivity contribution in [2.45, 2.75) is 46.7 Å². The van der Waals surface area contributed by atoms with Gasteiger partial charge in [0.05, 0.1) is 23.8 Å². The Bertz CT molecular complexity index is 818. The van der Waals surface area contributed by atoms with Crippen molar-refractivity contribution < 1.29 is 23.9 Å². The number of ketones is 1. The normalized spacial score (nSPS) is 12.0. The number of carboxylic acid groups (broad SMARTS) is 1. The van der Waals surface area contributed by atoms with Crippen LogP contribution < -0.4 is 5.32 Å². The predicted molar refractivity (Wildman–Crippen MR) is 88.5 cm³/mol. The number of carbonyl (C=O) groups is 3. The van der Waals surface area contributed by atoms with Crippen LogP contribution in [0.5, 0.6) is 0 Å². The molecule has 0 radical (unpaired) electrons. The molecule has 2 aromatic heterocycles. The Morgan fingerprint density at radius 3 is 2.52 bits per heavy atom. The molecule has 0 bridgehead atoms. The molecule has 2 heterocycles. The molecule has 1 amide bonds. The molecule has 8 nitrogen and oxygen atoms in total. The number of aromatic carboxylic acids is 1. The van der Waals surface area contributed by atoms with Crippen molar-refractivity contribution in [2.75, 3.05) is 0 Å². The second-order valence-electron chi connectivity index (χ2n) is 5.95. The van der Waals surface area contributed by atoms with Crippen molar-refractivity contribution in [3.63, 3.8) is 0 Å². The van der Waals surface area contributed by atoms with E-state index in [-0.39, 0.29) is 36.5 Å². The number of amides is 1. The summed E-state index contributed by atoms with van der Waals surface area (Å²) in [6.45, 7) is 7.02. The number of furan rings is 1. The zero-order valence-electron chi connectivity index (χ0n) is 14.6. The highest BCUT2D eigenvalue weighted by atomic mass is 16.4. The van der Waals surface area contributed by atoms with Gasteiger partial charge in [-0.25, -0.2) is 4.79 Å². The Morgan fingerprint density at radius 1 is 1.32 bits per heavy atom. The van der Waals surface area contributed by atoms with Crippen LogP contribution in [0.3, 0.4) is 0 Å². The lowest BCUT2D eigenvalue weighted by Gasteiger charge is -2.14. The Morgan fingerprint density at radius 2 is 2.00 bits per heavy atom. The van der Waals surface area contributed by atoms with Crippen molar-refractivity contribution in [3.8, 4) is 0 Å².